The Hall–Kier alpha value is -3.78. The molecule has 0 bridgehead atoms. The van der Waals surface area contributed by atoms with Crippen molar-refractivity contribution in [1.82, 2.24) is 24.6 Å². The summed E-state index contributed by atoms with van der Waals surface area (Å²) in [7, 11) is 5.03. The third-order valence-electron chi connectivity index (χ3n) is 5.04. The average molecular weight is 452 g/mol. The van der Waals surface area contributed by atoms with Crippen molar-refractivity contribution in [3.63, 3.8) is 0 Å². The van der Waals surface area contributed by atoms with Crippen LogP contribution in [0.4, 0.5) is 0 Å². The number of carbonyl (C=O) groups excluding carboxylic acids is 1. The van der Waals surface area contributed by atoms with E-state index in [0.717, 1.165) is 5.56 Å². The number of ether oxygens (including phenoxy) is 2. The molecule has 0 aliphatic carbocycles. The molecular weight excluding hydrogens is 430 g/mol. The van der Waals surface area contributed by atoms with E-state index in [1.807, 2.05) is 48.1 Å². The van der Waals surface area contributed by atoms with Crippen LogP contribution < -0.4 is 14.8 Å². The second kappa shape index (κ2) is 9.15. The summed E-state index contributed by atoms with van der Waals surface area (Å²) in [6.07, 6.45) is 6.64. The van der Waals surface area contributed by atoms with E-state index in [4.69, 9.17) is 21.1 Å². The van der Waals surface area contributed by atoms with Gasteiger partial charge in [0.25, 0.3) is 5.91 Å². The molecule has 164 valence electrons. The first-order valence-corrected chi connectivity index (χ1v) is 10.2. The summed E-state index contributed by atoms with van der Waals surface area (Å²) in [6, 6.07) is 12.2. The summed E-state index contributed by atoms with van der Waals surface area (Å²) in [5.74, 6) is 1.57. The normalized spacial score (nSPS) is 11.8. The molecule has 0 saturated heterocycles. The number of halogens is 1. The number of para-hydroxylation sites is 1. The van der Waals surface area contributed by atoms with E-state index in [0.29, 0.717) is 33.6 Å². The maximum atomic E-state index is 13.2. The predicted molar refractivity (Wildman–Crippen MR) is 121 cm³/mol. The van der Waals surface area contributed by atoms with Gasteiger partial charge in [-0.25, -0.2) is 9.67 Å². The quantitative estimate of drug-likeness (QED) is 0.462. The number of benzene rings is 2. The number of hydrogen-bond acceptors (Lipinski definition) is 5. The number of rotatable bonds is 7. The maximum Gasteiger partial charge on any atom is 0.255 e. The number of aryl methyl sites for hydroxylation is 1. The monoisotopic (exact) mass is 451 g/mol. The Morgan fingerprint density at radius 2 is 1.84 bits per heavy atom. The van der Waals surface area contributed by atoms with Crippen molar-refractivity contribution < 1.29 is 14.3 Å². The topological polar surface area (TPSA) is 83.2 Å². The molecule has 0 radical (unpaired) electrons. The molecule has 1 N–H and O–H groups in total. The van der Waals surface area contributed by atoms with Crippen molar-refractivity contribution >= 4 is 17.5 Å². The van der Waals surface area contributed by atoms with Gasteiger partial charge in [0.2, 0.25) is 0 Å². The van der Waals surface area contributed by atoms with Crippen LogP contribution in [0.25, 0.3) is 5.69 Å². The third-order valence-corrected chi connectivity index (χ3v) is 5.36. The molecule has 2 aromatic carbocycles. The second-order valence-electron chi connectivity index (χ2n) is 7.07. The molecule has 4 rings (SSSR count). The smallest absolute Gasteiger partial charge is 0.255 e. The molecule has 0 spiro atoms. The molecule has 1 unspecified atom stereocenters. The molecule has 9 heteroatoms. The summed E-state index contributed by atoms with van der Waals surface area (Å²) in [5, 5.41) is 7.89. The highest BCUT2D eigenvalue weighted by molar-refractivity contribution is 6.32. The summed E-state index contributed by atoms with van der Waals surface area (Å²) >= 11 is 6.26. The fourth-order valence-corrected chi connectivity index (χ4v) is 3.59. The van der Waals surface area contributed by atoms with Crippen LogP contribution in [0.15, 0.2) is 67.3 Å². The van der Waals surface area contributed by atoms with Crippen LogP contribution in [0.3, 0.4) is 0 Å². The molecule has 8 nitrogen and oxygen atoms in total. The molecule has 2 aromatic heterocycles. The van der Waals surface area contributed by atoms with Gasteiger partial charge in [-0.3, -0.25) is 4.79 Å². The Labute approximate surface area is 190 Å². The molecule has 0 saturated carbocycles. The van der Waals surface area contributed by atoms with Crippen LogP contribution in [0.5, 0.6) is 11.5 Å². The van der Waals surface area contributed by atoms with E-state index in [1.165, 1.54) is 6.20 Å². The van der Waals surface area contributed by atoms with Crippen molar-refractivity contribution in [3.05, 3.63) is 89.2 Å². The molecule has 4 aromatic rings. The van der Waals surface area contributed by atoms with Crippen LogP contribution in [-0.4, -0.2) is 39.5 Å². The van der Waals surface area contributed by atoms with Gasteiger partial charge in [-0.1, -0.05) is 23.7 Å². The zero-order chi connectivity index (χ0) is 22.7. The summed E-state index contributed by atoms with van der Waals surface area (Å²) in [6.45, 7) is 0. The minimum atomic E-state index is -0.546. The highest BCUT2D eigenvalue weighted by atomic mass is 35.5. The van der Waals surface area contributed by atoms with Crippen molar-refractivity contribution in [2.45, 2.75) is 6.04 Å². The Morgan fingerprint density at radius 1 is 1.12 bits per heavy atom. The number of imidazole rings is 1. The lowest BCUT2D eigenvalue weighted by atomic mass is 10.0. The first-order chi connectivity index (χ1) is 15.5. The van der Waals surface area contributed by atoms with Gasteiger partial charge < -0.3 is 19.4 Å². The standard InChI is InChI=1S/C23H22ClN5O3/c1-28-9-8-25-22(28)21(15-10-17(31-2)12-18(11-15)32-3)27-23(30)16-13-26-29(14-16)20-7-5-4-6-19(20)24/h4-14,21H,1-3H3,(H,27,30). The van der Waals surface area contributed by atoms with Gasteiger partial charge in [0, 0.05) is 31.7 Å². The number of nitrogens with one attached hydrogen (secondary N) is 1. The average Bonchev–Trinajstić information content (AvgIpc) is 3.46. The van der Waals surface area contributed by atoms with Crippen molar-refractivity contribution in [1.29, 1.82) is 0 Å². The van der Waals surface area contributed by atoms with E-state index in [-0.39, 0.29) is 5.91 Å². The Morgan fingerprint density at radius 3 is 2.47 bits per heavy atom. The van der Waals surface area contributed by atoms with Gasteiger partial charge >= 0.3 is 0 Å². The van der Waals surface area contributed by atoms with E-state index in [2.05, 4.69) is 15.4 Å². The first kappa shape index (κ1) is 21.5. The fraction of sp³-hybridized carbons (Fsp3) is 0.174. The lowest BCUT2D eigenvalue weighted by Gasteiger charge is -2.20. The molecule has 0 aliphatic rings. The molecule has 2 heterocycles. The molecule has 32 heavy (non-hydrogen) atoms. The number of carbonyl (C=O) groups is 1. The minimum absolute atomic E-state index is 0.307. The fourth-order valence-electron chi connectivity index (χ4n) is 3.37. The third kappa shape index (κ3) is 4.31. The number of aromatic nitrogens is 4. The van der Waals surface area contributed by atoms with Gasteiger partial charge in [-0.15, -0.1) is 0 Å². The highest BCUT2D eigenvalue weighted by Gasteiger charge is 2.24. The zero-order valence-corrected chi connectivity index (χ0v) is 18.6. The lowest BCUT2D eigenvalue weighted by Crippen LogP contribution is -2.31. The van der Waals surface area contributed by atoms with Crippen LogP contribution in [0, 0.1) is 0 Å². The summed E-state index contributed by atoms with van der Waals surface area (Å²) in [4.78, 5) is 17.6. The van der Waals surface area contributed by atoms with Crippen LogP contribution in [0.1, 0.15) is 27.8 Å². The van der Waals surface area contributed by atoms with Crippen molar-refractivity contribution in [2.24, 2.45) is 7.05 Å². The van der Waals surface area contributed by atoms with Gasteiger partial charge in [-0.2, -0.15) is 5.10 Å². The minimum Gasteiger partial charge on any atom is -0.497 e. The number of hydrogen-bond donors (Lipinski definition) is 1. The summed E-state index contributed by atoms with van der Waals surface area (Å²) in [5.41, 5.74) is 1.84. The Balaban J connectivity index is 1.68. The van der Waals surface area contributed by atoms with Gasteiger partial charge in [0.05, 0.1) is 36.7 Å². The number of methoxy groups -OCH3 is 2. The molecule has 1 amide bonds. The van der Waals surface area contributed by atoms with E-state index in [1.54, 1.807) is 43.4 Å². The predicted octanol–water partition coefficient (Wildman–Crippen LogP) is 3.80. The van der Waals surface area contributed by atoms with Gasteiger partial charge in [-0.05, 0) is 29.8 Å². The Kier molecular flexibility index (Phi) is 6.13. The summed E-state index contributed by atoms with van der Waals surface area (Å²) < 4.78 is 14.2. The largest absolute Gasteiger partial charge is 0.497 e. The van der Waals surface area contributed by atoms with Crippen molar-refractivity contribution in [3.8, 4) is 17.2 Å². The SMILES string of the molecule is COc1cc(OC)cc(C(NC(=O)c2cnn(-c3ccccc3Cl)c2)c2nccn2C)c1. The second-order valence-corrected chi connectivity index (χ2v) is 7.48. The maximum absolute atomic E-state index is 13.2. The molecular formula is C23H22ClN5O3. The zero-order valence-electron chi connectivity index (χ0n) is 17.8. The van der Waals surface area contributed by atoms with Gasteiger partial charge in [0.1, 0.15) is 23.4 Å². The molecule has 0 fully saturated rings. The van der Waals surface area contributed by atoms with E-state index in [9.17, 15) is 4.79 Å². The lowest BCUT2D eigenvalue weighted by molar-refractivity contribution is 0.0941. The highest BCUT2D eigenvalue weighted by Crippen LogP contribution is 2.30. The van der Waals surface area contributed by atoms with Crippen LogP contribution in [-0.2, 0) is 7.05 Å². The van der Waals surface area contributed by atoms with Crippen LogP contribution in [0.2, 0.25) is 5.02 Å². The Bertz CT molecular complexity index is 1230. The van der Waals surface area contributed by atoms with E-state index < -0.39 is 6.04 Å². The number of nitrogens with zero attached hydrogens (tertiary/aromatic N) is 4. The molecule has 0 aliphatic heterocycles. The molecule has 1 atom stereocenters. The van der Waals surface area contributed by atoms with Crippen LogP contribution >= 0.6 is 11.6 Å². The van der Waals surface area contributed by atoms with Crippen molar-refractivity contribution in [2.75, 3.05) is 14.2 Å². The number of amides is 1. The van der Waals surface area contributed by atoms with E-state index >= 15 is 0 Å². The van der Waals surface area contributed by atoms with Gasteiger partial charge in [0.15, 0.2) is 0 Å². The first-order valence-electron chi connectivity index (χ1n) is 9.80.